The molecule has 1 aromatic carbocycles. The maximum atomic E-state index is 13.4. The molecule has 3 aliphatic rings. The first kappa shape index (κ1) is 20.9. The Balaban J connectivity index is 1.32. The van der Waals surface area contributed by atoms with Crippen molar-refractivity contribution >= 4 is 28.7 Å². The first-order valence-electron chi connectivity index (χ1n) is 12.2. The second-order valence-corrected chi connectivity index (χ2v) is 9.37. The van der Waals surface area contributed by atoms with E-state index in [-0.39, 0.29) is 11.8 Å². The molecule has 2 aliphatic carbocycles. The minimum Gasteiger partial charge on any atom is -0.351 e. The lowest BCUT2D eigenvalue weighted by molar-refractivity contribution is -0.122. The van der Waals surface area contributed by atoms with Crippen LogP contribution in [0.4, 0.5) is 11.8 Å². The van der Waals surface area contributed by atoms with Crippen LogP contribution in [0, 0.1) is 0 Å². The maximum Gasteiger partial charge on any atom is 0.231 e. The third-order valence-electron chi connectivity index (χ3n) is 6.98. The Hall–Kier alpha value is -3.68. The Morgan fingerprint density at radius 3 is 2.79 bits per heavy atom. The van der Waals surface area contributed by atoms with E-state index in [0.717, 1.165) is 48.2 Å². The molecule has 8 nitrogen and oxygen atoms in total. The van der Waals surface area contributed by atoms with Crippen molar-refractivity contribution in [2.45, 2.75) is 50.6 Å². The summed E-state index contributed by atoms with van der Waals surface area (Å²) < 4.78 is 0. The molecule has 1 aliphatic heterocycles. The third-order valence-corrected chi connectivity index (χ3v) is 6.98. The molecule has 0 radical (unpaired) electrons. The van der Waals surface area contributed by atoms with Gasteiger partial charge in [-0.15, -0.1) is 0 Å². The fraction of sp³-hybridized carbons (Fsp3) is 0.385. The van der Waals surface area contributed by atoms with E-state index in [1.807, 2.05) is 18.2 Å². The molecule has 174 valence electrons. The van der Waals surface area contributed by atoms with E-state index in [9.17, 15) is 4.79 Å². The van der Waals surface area contributed by atoms with Gasteiger partial charge in [0.1, 0.15) is 5.82 Å². The topological polar surface area (TPSA) is 98.8 Å². The summed E-state index contributed by atoms with van der Waals surface area (Å²) in [6.07, 6.45) is 12.1. The van der Waals surface area contributed by atoms with Crippen molar-refractivity contribution in [3.05, 3.63) is 65.4 Å². The average molecular weight is 456 g/mol. The van der Waals surface area contributed by atoms with Crippen LogP contribution in [0.3, 0.4) is 0 Å². The minimum absolute atomic E-state index is 0.00851. The van der Waals surface area contributed by atoms with Gasteiger partial charge in [0.05, 0.1) is 17.0 Å². The summed E-state index contributed by atoms with van der Waals surface area (Å²) in [7, 11) is 0. The highest BCUT2D eigenvalue weighted by Gasteiger charge is 2.35. The molecular formula is C26H29N7O. The zero-order valence-corrected chi connectivity index (χ0v) is 19.1. The number of carbonyl (C=O) groups excluding carboxylic acids is 1. The molecule has 2 aromatic heterocycles. The molecule has 1 unspecified atom stereocenters. The molecule has 0 bridgehead atoms. The number of aromatic nitrogens is 4. The molecule has 1 amide bonds. The second-order valence-electron chi connectivity index (χ2n) is 9.37. The molecular weight excluding hydrogens is 426 g/mol. The fourth-order valence-corrected chi connectivity index (χ4v) is 4.88. The third kappa shape index (κ3) is 4.04. The number of nitrogens with one attached hydrogen (secondary N) is 3. The van der Waals surface area contributed by atoms with Gasteiger partial charge >= 0.3 is 0 Å². The van der Waals surface area contributed by atoms with E-state index in [4.69, 9.17) is 4.98 Å². The molecule has 1 fully saturated rings. The van der Waals surface area contributed by atoms with Crippen molar-refractivity contribution in [1.82, 2.24) is 25.5 Å². The number of benzene rings is 1. The zero-order chi connectivity index (χ0) is 22.9. The smallest absolute Gasteiger partial charge is 0.231 e. The van der Waals surface area contributed by atoms with Crippen LogP contribution in [0.15, 0.2) is 54.1 Å². The van der Waals surface area contributed by atoms with E-state index < -0.39 is 0 Å². The number of aromatic amines is 1. The lowest BCUT2D eigenvalue weighted by Gasteiger charge is -2.33. The predicted octanol–water partition coefficient (Wildman–Crippen LogP) is 3.81. The number of H-pyrrole nitrogens is 1. The molecule has 0 spiro atoms. The van der Waals surface area contributed by atoms with E-state index in [0.29, 0.717) is 37.3 Å². The van der Waals surface area contributed by atoms with Gasteiger partial charge in [0.25, 0.3) is 0 Å². The van der Waals surface area contributed by atoms with Crippen LogP contribution >= 0.6 is 0 Å². The number of hydrogen-bond acceptors (Lipinski definition) is 6. The summed E-state index contributed by atoms with van der Waals surface area (Å²) in [5.74, 6) is 1.07. The number of carbonyl (C=O) groups is 1. The molecule has 0 saturated heterocycles. The second kappa shape index (κ2) is 8.93. The van der Waals surface area contributed by atoms with Gasteiger partial charge in [-0.3, -0.25) is 9.89 Å². The van der Waals surface area contributed by atoms with Crippen LogP contribution in [0.1, 0.15) is 49.3 Å². The number of anilines is 2. The van der Waals surface area contributed by atoms with Gasteiger partial charge in [-0.25, -0.2) is 0 Å². The van der Waals surface area contributed by atoms with Crippen molar-refractivity contribution in [3.8, 4) is 0 Å². The summed E-state index contributed by atoms with van der Waals surface area (Å²) in [6.45, 7) is 1.73. The number of nitrogens with zero attached hydrogens (tertiary/aromatic N) is 4. The molecule has 34 heavy (non-hydrogen) atoms. The monoisotopic (exact) mass is 455 g/mol. The van der Waals surface area contributed by atoms with Gasteiger partial charge in [-0.05, 0) is 43.2 Å². The summed E-state index contributed by atoms with van der Waals surface area (Å²) in [6, 6.07) is 10.7. The quantitative estimate of drug-likeness (QED) is 0.501. The summed E-state index contributed by atoms with van der Waals surface area (Å²) >= 11 is 0. The van der Waals surface area contributed by atoms with Crippen molar-refractivity contribution < 1.29 is 4.79 Å². The Morgan fingerprint density at radius 2 is 2.03 bits per heavy atom. The Bertz CT molecular complexity index is 1260. The predicted molar refractivity (Wildman–Crippen MR) is 133 cm³/mol. The minimum atomic E-state index is -0.372. The Morgan fingerprint density at radius 1 is 1.15 bits per heavy atom. The molecule has 8 heteroatoms. The highest BCUT2D eigenvalue weighted by atomic mass is 16.1. The fourth-order valence-electron chi connectivity index (χ4n) is 4.88. The summed E-state index contributed by atoms with van der Waals surface area (Å²) in [5, 5.41) is 15.0. The number of amides is 1. The number of rotatable bonds is 7. The van der Waals surface area contributed by atoms with Gasteiger partial charge < -0.3 is 15.5 Å². The van der Waals surface area contributed by atoms with Crippen molar-refractivity contribution in [2.75, 3.05) is 23.3 Å². The Labute approximate surface area is 198 Å². The molecule has 3 heterocycles. The van der Waals surface area contributed by atoms with Crippen LogP contribution in [0.25, 0.3) is 11.0 Å². The highest BCUT2D eigenvalue weighted by molar-refractivity contribution is 5.98. The average Bonchev–Trinajstić information content (AvgIpc) is 3.27. The maximum absolute atomic E-state index is 13.4. The van der Waals surface area contributed by atoms with Crippen LogP contribution < -0.4 is 15.5 Å². The van der Waals surface area contributed by atoms with Crippen LogP contribution in [-0.4, -0.2) is 45.2 Å². The molecule has 1 atom stereocenters. The van der Waals surface area contributed by atoms with Crippen LogP contribution in [-0.2, 0) is 11.3 Å². The number of hydrogen-bond donors (Lipinski definition) is 3. The van der Waals surface area contributed by atoms with Gasteiger partial charge in [-0.1, -0.05) is 48.6 Å². The zero-order valence-electron chi connectivity index (χ0n) is 19.1. The van der Waals surface area contributed by atoms with Crippen molar-refractivity contribution in [3.63, 3.8) is 0 Å². The van der Waals surface area contributed by atoms with Crippen LogP contribution in [0.2, 0.25) is 0 Å². The van der Waals surface area contributed by atoms with Gasteiger partial charge in [-0.2, -0.15) is 15.1 Å². The van der Waals surface area contributed by atoms with Gasteiger partial charge in [0, 0.05) is 25.7 Å². The molecule has 1 saturated carbocycles. The first-order chi connectivity index (χ1) is 16.7. The van der Waals surface area contributed by atoms with E-state index in [2.05, 4.69) is 61.1 Å². The lowest BCUT2D eigenvalue weighted by atomic mass is 9.93. The largest absolute Gasteiger partial charge is 0.351 e. The summed E-state index contributed by atoms with van der Waals surface area (Å²) in [4.78, 5) is 25.1. The standard InChI is InChI=1S/C26H29N7O/c34-25(27-14-17-8-3-1-4-9-17)20-16-33(15-18-10-5-2-6-11-18)24-21-22(20)31-32-23(21)29-26(30-24)28-19-12-7-13-19/h2-3,5-6,8-11,19-20H,1,4,7,12-16H2,(H,27,34)(H2,28,29,30,31,32). The van der Waals surface area contributed by atoms with E-state index in [1.54, 1.807) is 0 Å². The lowest BCUT2D eigenvalue weighted by Crippen LogP contribution is -2.41. The van der Waals surface area contributed by atoms with E-state index in [1.165, 1.54) is 12.0 Å². The first-order valence-corrected chi connectivity index (χ1v) is 12.2. The highest BCUT2D eigenvalue weighted by Crippen LogP contribution is 2.38. The van der Waals surface area contributed by atoms with E-state index >= 15 is 0 Å². The van der Waals surface area contributed by atoms with Crippen molar-refractivity contribution in [2.24, 2.45) is 0 Å². The summed E-state index contributed by atoms with van der Waals surface area (Å²) in [5.41, 5.74) is 3.73. The molecule has 3 aromatic rings. The molecule has 6 rings (SSSR count). The van der Waals surface area contributed by atoms with Gasteiger partial charge in [0.2, 0.25) is 11.9 Å². The Kier molecular flexibility index (Phi) is 5.49. The van der Waals surface area contributed by atoms with Crippen molar-refractivity contribution in [1.29, 1.82) is 0 Å². The van der Waals surface area contributed by atoms with Crippen LogP contribution in [0.5, 0.6) is 0 Å². The SMILES string of the molecule is O=C(NCC1=CCCC=C1)C1CN(Cc2ccccc2)c2nc(NC3CCC3)nc3n[nH]c1c23. The number of allylic oxidation sites excluding steroid dienone is 2. The normalized spacial score (nSPS) is 19.6. The van der Waals surface area contributed by atoms with Gasteiger partial charge in [0.15, 0.2) is 5.65 Å². The molecule has 3 N–H and O–H groups in total.